The summed E-state index contributed by atoms with van der Waals surface area (Å²) in [6.45, 7) is 5.32. The van der Waals surface area contributed by atoms with Gasteiger partial charge >= 0.3 is 6.03 Å². The van der Waals surface area contributed by atoms with Crippen molar-refractivity contribution in [1.29, 1.82) is 0 Å². The number of urea groups is 1. The van der Waals surface area contributed by atoms with E-state index >= 15 is 0 Å². The average Bonchev–Trinajstić information content (AvgIpc) is 3.27. The van der Waals surface area contributed by atoms with Gasteiger partial charge in [-0.3, -0.25) is 4.90 Å². The molecule has 0 spiro atoms. The summed E-state index contributed by atoms with van der Waals surface area (Å²) in [6, 6.07) is 15.8. The summed E-state index contributed by atoms with van der Waals surface area (Å²) >= 11 is 0. The molecule has 5 heteroatoms. The van der Waals surface area contributed by atoms with Crippen molar-refractivity contribution < 1.29 is 4.79 Å². The minimum absolute atomic E-state index is 0.148. The van der Waals surface area contributed by atoms with Crippen LogP contribution >= 0.6 is 0 Å². The maximum atomic E-state index is 12.5. The summed E-state index contributed by atoms with van der Waals surface area (Å²) < 4.78 is 0. The van der Waals surface area contributed by atoms with Crippen LogP contribution in [0.4, 0.5) is 4.79 Å². The molecule has 1 aliphatic carbocycles. The van der Waals surface area contributed by atoms with Gasteiger partial charge < -0.3 is 16.0 Å². The fourth-order valence-corrected chi connectivity index (χ4v) is 5.03. The molecule has 0 atom stereocenters. The molecule has 30 heavy (non-hydrogen) atoms. The molecule has 162 valence electrons. The van der Waals surface area contributed by atoms with Crippen LogP contribution in [0.1, 0.15) is 44.1 Å². The van der Waals surface area contributed by atoms with Gasteiger partial charge in [-0.1, -0.05) is 49.2 Å². The first kappa shape index (κ1) is 21.1. The van der Waals surface area contributed by atoms with Gasteiger partial charge in [0, 0.05) is 45.3 Å². The number of nitrogens with two attached hydrogens (primary N) is 1. The van der Waals surface area contributed by atoms with E-state index in [2.05, 4.69) is 52.7 Å². The van der Waals surface area contributed by atoms with Crippen molar-refractivity contribution in [3.8, 4) is 0 Å². The Morgan fingerprint density at radius 3 is 2.50 bits per heavy atom. The number of carbonyl (C=O) groups excluding carboxylic acids is 1. The number of nitrogens with one attached hydrogen (secondary N) is 1. The van der Waals surface area contributed by atoms with Crippen molar-refractivity contribution in [1.82, 2.24) is 15.1 Å². The Bertz CT molecular complexity index is 825. The van der Waals surface area contributed by atoms with E-state index in [0.29, 0.717) is 18.5 Å². The van der Waals surface area contributed by atoms with Gasteiger partial charge in [0.1, 0.15) is 0 Å². The lowest BCUT2D eigenvalue weighted by Gasteiger charge is -2.35. The summed E-state index contributed by atoms with van der Waals surface area (Å²) in [4.78, 5) is 17.0. The smallest absolute Gasteiger partial charge is 0.317 e. The molecule has 0 bridgehead atoms. The van der Waals surface area contributed by atoms with E-state index in [9.17, 15) is 4.79 Å². The molecule has 0 aromatic heterocycles. The maximum Gasteiger partial charge on any atom is 0.317 e. The third-order valence-corrected chi connectivity index (χ3v) is 6.77. The summed E-state index contributed by atoms with van der Waals surface area (Å²) in [7, 11) is 0. The van der Waals surface area contributed by atoms with Crippen LogP contribution < -0.4 is 11.1 Å². The zero-order valence-electron chi connectivity index (χ0n) is 18.1. The highest BCUT2D eigenvalue weighted by Gasteiger charge is 2.26. The van der Waals surface area contributed by atoms with Gasteiger partial charge in [0.2, 0.25) is 0 Å². The molecule has 2 aromatic rings. The Kier molecular flexibility index (Phi) is 7.24. The quantitative estimate of drug-likeness (QED) is 0.729. The lowest BCUT2D eigenvalue weighted by atomic mass is 9.96. The monoisotopic (exact) mass is 408 g/mol. The van der Waals surface area contributed by atoms with E-state index in [4.69, 9.17) is 5.73 Å². The molecule has 1 saturated carbocycles. The first-order valence-electron chi connectivity index (χ1n) is 11.7. The molecule has 1 saturated heterocycles. The minimum Gasteiger partial charge on any atom is -0.335 e. The van der Waals surface area contributed by atoms with Gasteiger partial charge in [-0.15, -0.1) is 0 Å². The van der Waals surface area contributed by atoms with Crippen molar-refractivity contribution in [3.63, 3.8) is 0 Å². The molecule has 2 aromatic carbocycles. The highest BCUT2D eigenvalue weighted by molar-refractivity contribution is 5.83. The van der Waals surface area contributed by atoms with Gasteiger partial charge in [0.15, 0.2) is 0 Å². The van der Waals surface area contributed by atoms with Crippen LogP contribution in [0.15, 0.2) is 42.5 Å². The molecular formula is C25H36N4O. The van der Waals surface area contributed by atoms with Crippen LogP contribution in [-0.2, 0) is 6.54 Å². The van der Waals surface area contributed by atoms with Crippen molar-refractivity contribution in [2.45, 2.75) is 51.1 Å². The lowest BCUT2D eigenvalue weighted by Crippen LogP contribution is -2.48. The summed E-state index contributed by atoms with van der Waals surface area (Å²) in [5, 5.41) is 5.81. The molecule has 0 unspecified atom stereocenters. The third kappa shape index (κ3) is 5.52. The van der Waals surface area contributed by atoms with Crippen molar-refractivity contribution in [3.05, 3.63) is 48.0 Å². The lowest BCUT2D eigenvalue weighted by molar-refractivity contribution is 0.143. The molecule has 4 rings (SSSR count). The van der Waals surface area contributed by atoms with Crippen LogP contribution in [0.2, 0.25) is 0 Å². The molecule has 1 aliphatic heterocycles. The maximum absolute atomic E-state index is 12.5. The summed E-state index contributed by atoms with van der Waals surface area (Å²) in [5.41, 5.74) is 7.26. The number of fused-ring (bicyclic) bond motifs is 1. The van der Waals surface area contributed by atoms with Gasteiger partial charge in [-0.2, -0.15) is 0 Å². The second kappa shape index (κ2) is 10.3. The molecule has 2 aliphatic rings. The van der Waals surface area contributed by atoms with E-state index in [0.717, 1.165) is 58.4 Å². The fourth-order valence-electron chi connectivity index (χ4n) is 5.03. The molecule has 2 amide bonds. The Balaban J connectivity index is 1.28. The number of likely N-dealkylation sites (tertiary alicyclic amines) is 1. The van der Waals surface area contributed by atoms with Gasteiger partial charge in [-0.05, 0) is 54.0 Å². The first-order valence-corrected chi connectivity index (χ1v) is 11.7. The number of carbonyl (C=O) groups is 1. The summed E-state index contributed by atoms with van der Waals surface area (Å²) in [6.07, 6.45) is 6.95. The van der Waals surface area contributed by atoms with Crippen LogP contribution in [0.3, 0.4) is 0 Å². The van der Waals surface area contributed by atoms with Crippen LogP contribution in [0, 0.1) is 5.92 Å². The van der Waals surface area contributed by atoms with Crippen molar-refractivity contribution in [2.75, 3.05) is 32.7 Å². The highest BCUT2D eigenvalue weighted by Crippen LogP contribution is 2.22. The molecule has 3 N–H and O–H groups in total. The van der Waals surface area contributed by atoms with Gasteiger partial charge in [-0.25, -0.2) is 4.79 Å². The second-order valence-corrected chi connectivity index (χ2v) is 9.07. The fraction of sp³-hybridized carbons (Fsp3) is 0.560. The van der Waals surface area contributed by atoms with Crippen LogP contribution in [0.5, 0.6) is 0 Å². The van der Waals surface area contributed by atoms with Crippen LogP contribution in [-0.4, -0.2) is 54.6 Å². The van der Waals surface area contributed by atoms with Crippen molar-refractivity contribution >= 4 is 16.8 Å². The van der Waals surface area contributed by atoms with E-state index in [1.54, 1.807) is 0 Å². The minimum atomic E-state index is 0.148. The zero-order chi connectivity index (χ0) is 20.8. The highest BCUT2D eigenvalue weighted by atomic mass is 16.2. The molecule has 5 nitrogen and oxygen atoms in total. The number of rotatable bonds is 7. The Hall–Kier alpha value is -2.11. The predicted octanol–water partition coefficient (Wildman–Crippen LogP) is 3.96. The van der Waals surface area contributed by atoms with Crippen molar-refractivity contribution in [2.24, 2.45) is 11.7 Å². The average molecular weight is 409 g/mol. The van der Waals surface area contributed by atoms with Gasteiger partial charge in [0.05, 0.1) is 0 Å². The predicted molar refractivity (Wildman–Crippen MR) is 123 cm³/mol. The van der Waals surface area contributed by atoms with Crippen LogP contribution in [0.25, 0.3) is 10.8 Å². The van der Waals surface area contributed by atoms with Gasteiger partial charge in [0.25, 0.3) is 0 Å². The zero-order valence-corrected chi connectivity index (χ0v) is 18.1. The number of piperidine rings is 1. The second-order valence-electron chi connectivity index (χ2n) is 9.07. The third-order valence-electron chi connectivity index (χ3n) is 6.77. The summed E-state index contributed by atoms with van der Waals surface area (Å²) in [5.74, 6) is 0.632. The standard InChI is InChI=1S/C25H36N4O/c26-13-16-28(19-21-9-10-22-5-1-2-6-23(22)17-21)18-20-11-14-29(15-12-20)25(30)27-24-7-3-4-8-24/h1-2,5-6,9-10,17,20,24H,3-4,7-8,11-16,18-19,26H2,(H,27,30). The number of hydrogen-bond acceptors (Lipinski definition) is 3. The Morgan fingerprint density at radius 1 is 1.03 bits per heavy atom. The topological polar surface area (TPSA) is 61.6 Å². The molecular weight excluding hydrogens is 372 g/mol. The largest absolute Gasteiger partial charge is 0.335 e. The molecule has 0 radical (unpaired) electrons. The first-order chi connectivity index (χ1) is 14.7. The normalized spacial score (nSPS) is 18.4. The molecule has 1 heterocycles. The SMILES string of the molecule is NCCN(Cc1ccc2ccccc2c1)CC1CCN(C(=O)NC2CCCC2)CC1. The number of amides is 2. The number of hydrogen-bond donors (Lipinski definition) is 2. The Labute approximate surface area is 180 Å². The van der Waals surface area contributed by atoms with E-state index < -0.39 is 0 Å². The number of nitrogens with zero attached hydrogens (tertiary/aromatic N) is 2. The van der Waals surface area contributed by atoms with E-state index in [1.807, 2.05) is 4.90 Å². The van der Waals surface area contributed by atoms with E-state index in [-0.39, 0.29) is 6.03 Å². The Morgan fingerprint density at radius 2 is 1.77 bits per heavy atom. The number of benzene rings is 2. The van der Waals surface area contributed by atoms with E-state index in [1.165, 1.54) is 29.2 Å². The molecule has 2 fully saturated rings.